The number of aliphatic hydroxyl groups excluding tert-OH is 1. The minimum atomic E-state index is -2.35. The molecule has 1 fully saturated rings. The fourth-order valence-electron chi connectivity index (χ4n) is 5.13. The summed E-state index contributed by atoms with van der Waals surface area (Å²) in [6, 6.07) is 21.0. The summed E-state index contributed by atoms with van der Waals surface area (Å²) in [6.07, 6.45) is 0.701. The normalized spacial score (nSPS) is 18.5. The van der Waals surface area contributed by atoms with Gasteiger partial charge in [0.25, 0.3) is 5.91 Å². The van der Waals surface area contributed by atoms with Crippen LogP contribution < -0.4 is 5.32 Å². The monoisotopic (exact) mass is 609 g/mol. The van der Waals surface area contributed by atoms with Crippen molar-refractivity contribution in [3.8, 4) is 0 Å². The fraction of sp³-hybridized carbons (Fsp3) is 0.188. The van der Waals surface area contributed by atoms with E-state index in [-0.39, 0.29) is 24.5 Å². The van der Waals surface area contributed by atoms with E-state index in [4.69, 9.17) is 9.47 Å². The molecule has 6 rings (SSSR count). The Bertz CT molecular complexity index is 1800. The Morgan fingerprint density at radius 3 is 2.16 bits per heavy atom. The number of benzene rings is 4. The lowest BCUT2D eigenvalue weighted by atomic mass is 10.00. The number of rotatable bonds is 7. The van der Waals surface area contributed by atoms with Gasteiger partial charge in [-0.15, -0.1) is 0 Å². The number of anilines is 1. The van der Waals surface area contributed by atoms with E-state index in [0.29, 0.717) is 18.5 Å². The van der Waals surface area contributed by atoms with Gasteiger partial charge in [-0.3, -0.25) is 4.79 Å². The van der Waals surface area contributed by atoms with E-state index >= 15 is 0 Å². The minimum Gasteiger partial charge on any atom is -0.392 e. The lowest BCUT2D eigenvalue weighted by Gasteiger charge is -2.36. The Balaban J connectivity index is 1.24. The zero-order valence-corrected chi connectivity index (χ0v) is 22.8. The zero-order chi connectivity index (χ0) is 31.0. The van der Waals surface area contributed by atoms with Crippen molar-refractivity contribution in [1.29, 1.82) is 0 Å². The highest BCUT2D eigenvalue weighted by Gasteiger charge is 2.33. The maximum absolute atomic E-state index is 14.1. The summed E-state index contributed by atoms with van der Waals surface area (Å²) < 4.78 is 83.4. The van der Waals surface area contributed by atoms with Gasteiger partial charge in [0.15, 0.2) is 29.6 Å². The van der Waals surface area contributed by atoms with Gasteiger partial charge < -0.3 is 24.5 Å². The second kappa shape index (κ2) is 12.2. The molecule has 1 amide bonds. The number of carbonyl (C=O) groups is 1. The van der Waals surface area contributed by atoms with E-state index in [1.807, 2.05) is 53.1 Å². The number of ether oxygens (including phenoxy) is 2. The highest BCUT2D eigenvalue weighted by atomic mass is 19.2. The minimum absolute atomic E-state index is 0.0380. The molecule has 4 aromatic carbocycles. The number of hydrogen-bond acceptors (Lipinski definition) is 5. The van der Waals surface area contributed by atoms with Crippen LogP contribution in [0, 0.1) is 29.1 Å². The number of imidazole rings is 1. The molecule has 1 aromatic heterocycles. The summed E-state index contributed by atoms with van der Waals surface area (Å²) in [6.45, 7) is 0.378. The average molecular weight is 610 g/mol. The number of fused-ring (bicyclic) bond motifs is 1. The molecule has 0 unspecified atom stereocenters. The number of carbonyl (C=O) groups excluding carboxylic acids is 1. The summed E-state index contributed by atoms with van der Waals surface area (Å²) in [5.74, 6) is -12.7. The highest BCUT2D eigenvalue weighted by molar-refractivity contribution is 6.04. The van der Waals surface area contributed by atoms with Crippen LogP contribution in [0.25, 0.3) is 11.0 Å². The molecule has 0 spiro atoms. The Morgan fingerprint density at radius 1 is 0.841 bits per heavy atom. The van der Waals surface area contributed by atoms with Crippen LogP contribution in [0.15, 0.2) is 79.1 Å². The molecular weight excluding hydrogens is 585 g/mol. The molecule has 0 saturated carbocycles. The topological polar surface area (TPSA) is 85.6 Å². The number of aliphatic hydroxyl groups is 1. The van der Waals surface area contributed by atoms with Gasteiger partial charge in [-0.05, 0) is 35.4 Å². The van der Waals surface area contributed by atoms with Crippen LogP contribution in [0.2, 0.25) is 0 Å². The lowest BCUT2D eigenvalue weighted by Crippen LogP contribution is -2.32. The summed E-state index contributed by atoms with van der Waals surface area (Å²) >= 11 is 0. The summed E-state index contributed by atoms with van der Waals surface area (Å²) in [7, 11) is 0. The molecule has 7 nitrogen and oxygen atoms in total. The molecule has 1 aliphatic heterocycles. The van der Waals surface area contributed by atoms with Crippen molar-refractivity contribution < 1.29 is 41.3 Å². The largest absolute Gasteiger partial charge is 0.392 e. The molecule has 0 radical (unpaired) electrons. The number of halogens is 5. The van der Waals surface area contributed by atoms with Crippen molar-refractivity contribution in [2.75, 3.05) is 5.32 Å². The van der Waals surface area contributed by atoms with Gasteiger partial charge >= 0.3 is 0 Å². The molecule has 12 heteroatoms. The standard InChI is InChI=1S/C32H24F5N3O4/c33-26-25(27(34)29(36)30(37)28(26)35)31(42)39-20-11-9-19(10-12-20)32-43-21(14-40-16-38-22-3-1-2-4-23(22)40)13-24(44-32)18-7-5-17(15-41)6-8-18/h1-12,16,21,24,32,41H,13-15H2,(H,39,42)/t21-,24+,32+/m0/s1. The number of para-hydroxylation sites is 2. The van der Waals surface area contributed by atoms with Crippen molar-refractivity contribution >= 4 is 22.6 Å². The van der Waals surface area contributed by atoms with Crippen LogP contribution in [0.3, 0.4) is 0 Å². The Labute approximate surface area is 247 Å². The Hall–Kier alpha value is -4.65. The van der Waals surface area contributed by atoms with Crippen LogP contribution in [-0.2, 0) is 22.6 Å². The average Bonchev–Trinajstić information content (AvgIpc) is 3.45. The predicted octanol–water partition coefficient (Wildman–Crippen LogP) is 6.72. The van der Waals surface area contributed by atoms with Gasteiger partial charge in [0.05, 0.1) is 42.7 Å². The number of hydrogen-bond donors (Lipinski definition) is 2. The molecule has 0 aliphatic carbocycles. The van der Waals surface area contributed by atoms with Crippen LogP contribution in [0.1, 0.15) is 45.9 Å². The Kier molecular flexibility index (Phi) is 8.13. The first-order chi connectivity index (χ1) is 21.2. The van der Waals surface area contributed by atoms with Gasteiger partial charge in [0, 0.05) is 17.7 Å². The lowest BCUT2D eigenvalue weighted by molar-refractivity contribution is -0.252. The molecule has 2 N–H and O–H groups in total. The maximum atomic E-state index is 14.1. The summed E-state index contributed by atoms with van der Waals surface area (Å²) in [4.78, 5) is 16.9. The van der Waals surface area contributed by atoms with E-state index < -0.39 is 46.8 Å². The van der Waals surface area contributed by atoms with Crippen molar-refractivity contribution in [3.63, 3.8) is 0 Å². The van der Waals surface area contributed by atoms with Crippen LogP contribution in [-0.4, -0.2) is 26.7 Å². The second-order valence-electron chi connectivity index (χ2n) is 10.3. The quantitative estimate of drug-likeness (QED) is 0.122. The molecule has 44 heavy (non-hydrogen) atoms. The van der Waals surface area contributed by atoms with E-state index in [1.165, 1.54) is 12.1 Å². The third-order valence-electron chi connectivity index (χ3n) is 7.42. The van der Waals surface area contributed by atoms with E-state index in [9.17, 15) is 31.9 Å². The molecule has 2 heterocycles. The van der Waals surface area contributed by atoms with Crippen LogP contribution in [0.5, 0.6) is 0 Å². The van der Waals surface area contributed by atoms with E-state index in [1.54, 1.807) is 18.5 Å². The van der Waals surface area contributed by atoms with Crippen molar-refractivity contribution in [1.82, 2.24) is 9.55 Å². The highest BCUT2D eigenvalue weighted by Crippen LogP contribution is 2.39. The molecule has 1 aliphatic rings. The SMILES string of the molecule is O=C(Nc1ccc([C@@H]2O[C@H](Cn3cnc4ccccc43)C[C@H](c3ccc(CO)cc3)O2)cc1)c1c(F)c(F)c(F)c(F)c1F. The maximum Gasteiger partial charge on any atom is 0.261 e. The van der Waals surface area contributed by atoms with Gasteiger partial charge in [0.1, 0.15) is 5.56 Å². The number of aromatic nitrogens is 2. The zero-order valence-electron chi connectivity index (χ0n) is 22.8. The molecular formula is C32H24F5N3O4. The van der Waals surface area contributed by atoms with Crippen LogP contribution in [0.4, 0.5) is 27.6 Å². The molecule has 1 saturated heterocycles. The van der Waals surface area contributed by atoms with E-state index in [2.05, 4.69) is 10.3 Å². The first kappa shape index (κ1) is 29.4. The van der Waals surface area contributed by atoms with Crippen molar-refractivity contribution in [2.45, 2.75) is 38.1 Å². The number of amides is 1. The Morgan fingerprint density at radius 2 is 1.48 bits per heavy atom. The van der Waals surface area contributed by atoms with Crippen molar-refractivity contribution in [2.24, 2.45) is 0 Å². The predicted molar refractivity (Wildman–Crippen MR) is 149 cm³/mol. The smallest absolute Gasteiger partial charge is 0.261 e. The molecule has 0 bridgehead atoms. The number of nitrogens with zero attached hydrogens (tertiary/aromatic N) is 2. The summed E-state index contributed by atoms with van der Waals surface area (Å²) in [5, 5.41) is 11.6. The first-order valence-electron chi connectivity index (χ1n) is 13.6. The van der Waals surface area contributed by atoms with Gasteiger partial charge in [-0.2, -0.15) is 0 Å². The first-order valence-corrected chi connectivity index (χ1v) is 13.6. The third kappa shape index (κ3) is 5.66. The van der Waals surface area contributed by atoms with Crippen molar-refractivity contribution in [3.05, 3.63) is 130 Å². The molecule has 3 atom stereocenters. The van der Waals surface area contributed by atoms with E-state index in [0.717, 1.165) is 22.2 Å². The third-order valence-corrected chi connectivity index (χ3v) is 7.42. The molecule has 226 valence electrons. The second-order valence-corrected chi connectivity index (χ2v) is 10.3. The number of nitrogens with one attached hydrogen (secondary N) is 1. The van der Waals surface area contributed by atoms with Gasteiger partial charge in [-0.1, -0.05) is 48.5 Å². The van der Waals surface area contributed by atoms with Crippen LogP contribution >= 0.6 is 0 Å². The summed E-state index contributed by atoms with van der Waals surface area (Å²) in [5.41, 5.74) is 2.42. The van der Waals surface area contributed by atoms with Gasteiger partial charge in [0.2, 0.25) is 5.82 Å². The van der Waals surface area contributed by atoms with Gasteiger partial charge in [-0.25, -0.2) is 26.9 Å². The molecule has 5 aromatic rings. The fourth-order valence-corrected chi connectivity index (χ4v) is 5.13.